The molecule has 3 heteroatoms. The Morgan fingerprint density at radius 1 is 1.17 bits per heavy atom. The maximum absolute atomic E-state index is 11.6. The van der Waals surface area contributed by atoms with Crippen molar-refractivity contribution in [3.63, 3.8) is 0 Å². The number of carbonyl (C=O) groups excluding carboxylic acids is 1. The average molecular weight is 248 g/mol. The van der Waals surface area contributed by atoms with Gasteiger partial charge in [-0.3, -0.25) is 4.79 Å². The molecule has 1 amide bonds. The Hall–Kier alpha value is -1.35. The minimum atomic E-state index is -0.167. The van der Waals surface area contributed by atoms with Crippen LogP contribution in [0.25, 0.3) is 0 Å². The van der Waals surface area contributed by atoms with E-state index >= 15 is 0 Å². The third-order valence-corrected chi connectivity index (χ3v) is 2.70. The number of nitrogens with one attached hydrogen (secondary N) is 2. The third-order valence-electron chi connectivity index (χ3n) is 2.70. The standard InChI is InChI=1S/C15H24N2O/c1-11-6-7-13(8-12(11)2)9-16-10-14(18)17-15(3,4)5/h6-8,16H,9-10H2,1-5H3,(H,17,18). The molecule has 0 bridgehead atoms. The molecule has 0 saturated carbocycles. The van der Waals surface area contributed by atoms with Gasteiger partial charge in [0.05, 0.1) is 6.54 Å². The quantitative estimate of drug-likeness (QED) is 0.858. The van der Waals surface area contributed by atoms with Gasteiger partial charge in [0.2, 0.25) is 5.91 Å². The Balaban J connectivity index is 2.38. The van der Waals surface area contributed by atoms with E-state index in [1.807, 2.05) is 20.8 Å². The number of rotatable bonds is 4. The molecule has 3 nitrogen and oxygen atoms in total. The highest BCUT2D eigenvalue weighted by molar-refractivity contribution is 5.78. The number of amides is 1. The summed E-state index contributed by atoms with van der Waals surface area (Å²) in [6, 6.07) is 6.36. The fraction of sp³-hybridized carbons (Fsp3) is 0.533. The summed E-state index contributed by atoms with van der Waals surface area (Å²) in [7, 11) is 0. The van der Waals surface area contributed by atoms with Crippen LogP contribution < -0.4 is 10.6 Å². The molecule has 100 valence electrons. The number of benzene rings is 1. The fourth-order valence-electron chi connectivity index (χ4n) is 1.70. The van der Waals surface area contributed by atoms with Crippen LogP contribution in [0.4, 0.5) is 0 Å². The molecule has 0 spiro atoms. The van der Waals surface area contributed by atoms with Gasteiger partial charge >= 0.3 is 0 Å². The summed E-state index contributed by atoms with van der Waals surface area (Å²) < 4.78 is 0. The summed E-state index contributed by atoms with van der Waals surface area (Å²) in [5.74, 6) is 0.0336. The molecule has 0 aromatic heterocycles. The van der Waals surface area contributed by atoms with Gasteiger partial charge < -0.3 is 10.6 Å². The fourth-order valence-corrected chi connectivity index (χ4v) is 1.70. The van der Waals surface area contributed by atoms with Gasteiger partial charge in [0, 0.05) is 12.1 Å². The number of hydrogen-bond acceptors (Lipinski definition) is 2. The average Bonchev–Trinajstić information content (AvgIpc) is 2.20. The second-order valence-electron chi connectivity index (χ2n) is 5.82. The summed E-state index contributed by atoms with van der Waals surface area (Å²) in [5, 5.41) is 6.08. The molecular weight excluding hydrogens is 224 g/mol. The van der Waals surface area contributed by atoms with Crippen LogP contribution in [-0.4, -0.2) is 18.0 Å². The lowest BCUT2D eigenvalue weighted by molar-refractivity contribution is -0.121. The first-order valence-corrected chi connectivity index (χ1v) is 6.36. The highest BCUT2D eigenvalue weighted by Crippen LogP contribution is 2.09. The number of hydrogen-bond donors (Lipinski definition) is 2. The Morgan fingerprint density at radius 3 is 2.39 bits per heavy atom. The molecule has 0 radical (unpaired) electrons. The van der Waals surface area contributed by atoms with Crippen molar-refractivity contribution in [1.82, 2.24) is 10.6 Å². The molecule has 1 aromatic rings. The molecule has 0 fully saturated rings. The van der Waals surface area contributed by atoms with Crippen molar-refractivity contribution in [2.75, 3.05) is 6.54 Å². The Morgan fingerprint density at radius 2 is 1.83 bits per heavy atom. The first-order valence-electron chi connectivity index (χ1n) is 6.36. The number of aryl methyl sites for hydroxylation is 2. The van der Waals surface area contributed by atoms with Gasteiger partial charge in [0.15, 0.2) is 0 Å². The van der Waals surface area contributed by atoms with E-state index in [4.69, 9.17) is 0 Å². The second kappa shape index (κ2) is 6.01. The lowest BCUT2D eigenvalue weighted by atomic mass is 10.1. The van der Waals surface area contributed by atoms with E-state index in [9.17, 15) is 4.79 Å². The molecule has 18 heavy (non-hydrogen) atoms. The maximum Gasteiger partial charge on any atom is 0.234 e. The van der Waals surface area contributed by atoms with Gasteiger partial charge in [-0.2, -0.15) is 0 Å². The summed E-state index contributed by atoms with van der Waals surface area (Å²) in [6.45, 7) is 11.2. The summed E-state index contributed by atoms with van der Waals surface area (Å²) in [4.78, 5) is 11.6. The maximum atomic E-state index is 11.6. The molecule has 0 unspecified atom stereocenters. The van der Waals surface area contributed by atoms with Crippen molar-refractivity contribution in [1.29, 1.82) is 0 Å². The Labute approximate surface area is 110 Å². The first-order chi connectivity index (χ1) is 8.28. The topological polar surface area (TPSA) is 41.1 Å². The van der Waals surface area contributed by atoms with Crippen LogP contribution in [0.5, 0.6) is 0 Å². The van der Waals surface area contributed by atoms with Crippen LogP contribution in [-0.2, 0) is 11.3 Å². The van der Waals surface area contributed by atoms with Gasteiger partial charge in [0.25, 0.3) is 0 Å². The van der Waals surface area contributed by atoms with E-state index < -0.39 is 0 Å². The zero-order valence-electron chi connectivity index (χ0n) is 12.1. The third kappa shape index (κ3) is 5.32. The van der Waals surface area contributed by atoms with Gasteiger partial charge in [0.1, 0.15) is 0 Å². The summed E-state index contributed by atoms with van der Waals surface area (Å²) in [6.07, 6.45) is 0. The normalized spacial score (nSPS) is 11.4. The van der Waals surface area contributed by atoms with E-state index in [1.165, 1.54) is 16.7 Å². The Kier molecular flexibility index (Phi) is 4.91. The molecular formula is C15H24N2O. The van der Waals surface area contributed by atoms with E-state index in [0.717, 1.165) is 6.54 Å². The summed E-state index contributed by atoms with van der Waals surface area (Å²) in [5.41, 5.74) is 3.62. The predicted octanol–water partition coefficient (Wildman–Crippen LogP) is 2.31. The van der Waals surface area contributed by atoms with Crippen LogP contribution >= 0.6 is 0 Å². The van der Waals surface area contributed by atoms with Crippen LogP contribution in [0.1, 0.15) is 37.5 Å². The molecule has 0 aliphatic rings. The van der Waals surface area contributed by atoms with Gasteiger partial charge in [-0.05, 0) is 51.3 Å². The molecule has 0 saturated heterocycles. The van der Waals surface area contributed by atoms with Crippen LogP contribution in [0.3, 0.4) is 0 Å². The molecule has 0 heterocycles. The zero-order valence-corrected chi connectivity index (χ0v) is 12.1. The van der Waals surface area contributed by atoms with Gasteiger partial charge in [-0.25, -0.2) is 0 Å². The second-order valence-corrected chi connectivity index (χ2v) is 5.82. The summed E-state index contributed by atoms with van der Waals surface area (Å²) >= 11 is 0. The van der Waals surface area contributed by atoms with Crippen molar-refractivity contribution in [3.8, 4) is 0 Å². The molecule has 1 rings (SSSR count). The lowest BCUT2D eigenvalue weighted by Gasteiger charge is -2.20. The van der Waals surface area contributed by atoms with Crippen molar-refractivity contribution in [2.45, 2.75) is 46.7 Å². The molecule has 0 atom stereocenters. The van der Waals surface area contributed by atoms with E-state index in [1.54, 1.807) is 0 Å². The van der Waals surface area contributed by atoms with E-state index in [0.29, 0.717) is 6.54 Å². The smallest absolute Gasteiger partial charge is 0.234 e. The van der Waals surface area contributed by atoms with Crippen LogP contribution in [0.2, 0.25) is 0 Å². The monoisotopic (exact) mass is 248 g/mol. The van der Waals surface area contributed by atoms with Gasteiger partial charge in [-0.15, -0.1) is 0 Å². The van der Waals surface area contributed by atoms with Crippen molar-refractivity contribution < 1.29 is 4.79 Å². The minimum Gasteiger partial charge on any atom is -0.350 e. The van der Waals surface area contributed by atoms with Crippen molar-refractivity contribution in [2.24, 2.45) is 0 Å². The predicted molar refractivity (Wildman–Crippen MR) is 75.5 cm³/mol. The van der Waals surface area contributed by atoms with Crippen molar-refractivity contribution >= 4 is 5.91 Å². The SMILES string of the molecule is Cc1ccc(CNCC(=O)NC(C)(C)C)cc1C. The highest BCUT2D eigenvalue weighted by atomic mass is 16.2. The molecule has 2 N–H and O–H groups in total. The minimum absolute atomic E-state index is 0.0336. The first kappa shape index (κ1) is 14.7. The zero-order chi connectivity index (χ0) is 13.8. The van der Waals surface area contributed by atoms with E-state index in [-0.39, 0.29) is 11.4 Å². The van der Waals surface area contributed by atoms with Crippen LogP contribution in [0, 0.1) is 13.8 Å². The highest BCUT2D eigenvalue weighted by Gasteiger charge is 2.12. The largest absolute Gasteiger partial charge is 0.350 e. The molecule has 0 aliphatic heterocycles. The van der Waals surface area contributed by atoms with Gasteiger partial charge in [-0.1, -0.05) is 18.2 Å². The molecule has 0 aliphatic carbocycles. The number of carbonyl (C=O) groups is 1. The van der Waals surface area contributed by atoms with E-state index in [2.05, 4.69) is 42.7 Å². The molecule has 1 aromatic carbocycles. The lowest BCUT2D eigenvalue weighted by Crippen LogP contribution is -2.44. The van der Waals surface area contributed by atoms with Crippen molar-refractivity contribution in [3.05, 3.63) is 34.9 Å². The van der Waals surface area contributed by atoms with Crippen LogP contribution in [0.15, 0.2) is 18.2 Å². The Bertz CT molecular complexity index is 419.